The minimum absolute atomic E-state index is 0.120. The van der Waals surface area contributed by atoms with Crippen LogP contribution in [-0.4, -0.2) is 48.5 Å². The van der Waals surface area contributed by atoms with Crippen molar-refractivity contribution in [3.05, 3.63) is 58.0 Å². The summed E-state index contributed by atoms with van der Waals surface area (Å²) in [7, 11) is 0. The molecule has 2 amide bonds. The molecule has 1 saturated heterocycles. The molecule has 0 radical (unpaired) electrons. The molecule has 0 aliphatic carbocycles. The Bertz CT molecular complexity index is 1100. The maximum Gasteiger partial charge on any atom is 0.410 e. The molecule has 1 aromatic heterocycles. The van der Waals surface area contributed by atoms with E-state index in [2.05, 4.69) is 11.4 Å². The first kappa shape index (κ1) is 23.0. The molecule has 172 valence electrons. The van der Waals surface area contributed by atoms with Gasteiger partial charge in [-0.15, -0.1) is 11.3 Å². The SMILES string of the molecule is CC1(C)OCC(COC(=O)N2CCc3c(sc(NC(=O)/C=C/c4ccccc4)c3C#N)C2)O1. The Kier molecular flexibility index (Phi) is 6.79. The van der Waals surface area contributed by atoms with Crippen molar-refractivity contribution in [2.24, 2.45) is 0 Å². The third-order valence-electron chi connectivity index (χ3n) is 5.35. The predicted octanol–water partition coefficient (Wildman–Crippen LogP) is 3.92. The maximum absolute atomic E-state index is 12.6. The fraction of sp³-hybridized carbons (Fsp3) is 0.375. The van der Waals surface area contributed by atoms with E-state index >= 15 is 0 Å². The first-order valence-electron chi connectivity index (χ1n) is 10.7. The van der Waals surface area contributed by atoms with Gasteiger partial charge in [0.05, 0.1) is 18.7 Å². The number of ether oxygens (including phenoxy) is 3. The number of nitrogens with zero attached hydrogens (tertiary/aromatic N) is 2. The van der Waals surface area contributed by atoms with Gasteiger partial charge in [-0.25, -0.2) is 4.79 Å². The van der Waals surface area contributed by atoms with Crippen LogP contribution in [0, 0.1) is 11.3 Å². The van der Waals surface area contributed by atoms with Gasteiger partial charge in [-0.05, 0) is 37.5 Å². The summed E-state index contributed by atoms with van der Waals surface area (Å²) in [6, 6.07) is 11.7. The lowest BCUT2D eigenvalue weighted by molar-refractivity contribution is -0.143. The van der Waals surface area contributed by atoms with Gasteiger partial charge in [0.2, 0.25) is 5.91 Å². The second-order valence-electron chi connectivity index (χ2n) is 8.25. The molecule has 1 fully saturated rings. The summed E-state index contributed by atoms with van der Waals surface area (Å²) in [5.41, 5.74) is 2.25. The number of rotatable bonds is 5. The molecule has 2 aliphatic rings. The predicted molar refractivity (Wildman–Crippen MR) is 124 cm³/mol. The highest BCUT2D eigenvalue weighted by molar-refractivity contribution is 7.16. The molecule has 1 unspecified atom stereocenters. The molecule has 1 atom stereocenters. The van der Waals surface area contributed by atoms with Crippen molar-refractivity contribution in [1.82, 2.24) is 4.90 Å². The lowest BCUT2D eigenvalue weighted by Gasteiger charge is -2.26. The summed E-state index contributed by atoms with van der Waals surface area (Å²) in [5.74, 6) is -0.981. The summed E-state index contributed by atoms with van der Waals surface area (Å²) in [6.07, 6.45) is 2.96. The topological polar surface area (TPSA) is 101 Å². The average molecular weight is 468 g/mol. The molecule has 0 saturated carbocycles. The van der Waals surface area contributed by atoms with E-state index in [-0.39, 0.29) is 18.6 Å². The monoisotopic (exact) mass is 467 g/mol. The maximum atomic E-state index is 12.6. The van der Waals surface area contributed by atoms with Crippen LogP contribution < -0.4 is 5.32 Å². The molecule has 0 bridgehead atoms. The minimum atomic E-state index is -0.668. The van der Waals surface area contributed by atoms with Crippen molar-refractivity contribution in [3.63, 3.8) is 0 Å². The van der Waals surface area contributed by atoms with Gasteiger partial charge in [-0.2, -0.15) is 5.26 Å². The van der Waals surface area contributed by atoms with Crippen LogP contribution in [0.4, 0.5) is 9.80 Å². The molecule has 33 heavy (non-hydrogen) atoms. The van der Waals surface area contributed by atoms with Crippen LogP contribution in [0.25, 0.3) is 6.08 Å². The average Bonchev–Trinajstić information content (AvgIpc) is 3.34. The van der Waals surface area contributed by atoms with E-state index < -0.39 is 11.9 Å². The smallest absolute Gasteiger partial charge is 0.410 e. The number of hydrogen-bond donors (Lipinski definition) is 1. The molecule has 1 aromatic carbocycles. The van der Waals surface area contributed by atoms with Gasteiger partial charge in [0.15, 0.2) is 5.79 Å². The lowest BCUT2D eigenvalue weighted by Crippen LogP contribution is -2.37. The van der Waals surface area contributed by atoms with Crippen LogP contribution >= 0.6 is 11.3 Å². The molecule has 4 rings (SSSR count). The molecule has 2 aliphatic heterocycles. The largest absolute Gasteiger partial charge is 0.447 e. The Morgan fingerprint density at radius 1 is 1.36 bits per heavy atom. The van der Waals surface area contributed by atoms with Gasteiger partial charge >= 0.3 is 6.09 Å². The number of hydrogen-bond acceptors (Lipinski definition) is 7. The number of nitriles is 1. The molecule has 8 nitrogen and oxygen atoms in total. The second kappa shape index (κ2) is 9.75. The number of nitrogens with one attached hydrogen (secondary N) is 1. The third kappa shape index (κ3) is 5.60. The van der Waals surface area contributed by atoms with Crippen LogP contribution in [0.5, 0.6) is 0 Å². The van der Waals surface area contributed by atoms with Crippen LogP contribution in [-0.2, 0) is 32.0 Å². The van der Waals surface area contributed by atoms with E-state index in [1.807, 2.05) is 44.2 Å². The number of thiophene rings is 1. The summed E-state index contributed by atoms with van der Waals surface area (Å²) in [5, 5.41) is 13.0. The third-order valence-corrected chi connectivity index (χ3v) is 6.48. The van der Waals surface area contributed by atoms with Crippen molar-refractivity contribution < 1.29 is 23.8 Å². The minimum Gasteiger partial charge on any atom is -0.447 e. The summed E-state index contributed by atoms with van der Waals surface area (Å²) in [6.45, 7) is 4.90. The molecule has 1 N–H and O–H groups in total. The molecule has 9 heteroatoms. The number of anilines is 1. The number of carbonyl (C=O) groups is 2. The van der Waals surface area contributed by atoms with Gasteiger partial charge in [0.1, 0.15) is 23.8 Å². The van der Waals surface area contributed by atoms with Crippen LogP contribution in [0.2, 0.25) is 0 Å². The highest BCUT2D eigenvalue weighted by atomic mass is 32.1. The summed E-state index contributed by atoms with van der Waals surface area (Å²) < 4.78 is 16.6. The molecule has 3 heterocycles. The van der Waals surface area contributed by atoms with E-state index in [1.54, 1.807) is 11.0 Å². The van der Waals surface area contributed by atoms with Crippen LogP contribution in [0.15, 0.2) is 36.4 Å². The van der Waals surface area contributed by atoms with E-state index in [0.717, 1.165) is 16.0 Å². The van der Waals surface area contributed by atoms with Crippen molar-refractivity contribution in [2.45, 2.75) is 38.7 Å². The normalized spacial score (nSPS) is 19.2. The van der Waals surface area contributed by atoms with E-state index in [0.29, 0.717) is 36.7 Å². The van der Waals surface area contributed by atoms with Crippen molar-refractivity contribution >= 4 is 34.4 Å². The highest BCUT2D eigenvalue weighted by Gasteiger charge is 2.34. The molecular formula is C24H25N3O5S. The summed E-state index contributed by atoms with van der Waals surface area (Å²) >= 11 is 1.32. The lowest BCUT2D eigenvalue weighted by atomic mass is 10.0. The Hall–Kier alpha value is -3.19. The Balaban J connectivity index is 1.37. The van der Waals surface area contributed by atoms with Crippen molar-refractivity contribution in [2.75, 3.05) is 25.1 Å². The van der Waals surface area contributed by atoms with Crippen molar-refractivity contribution in [3.8, 4) is 6.07 Å². The second-order valence-corrected chi connectivity index (χ2v) is 9.36. The fourth-order valence-corrected chi connectivity index (χ4v) is 4.97. The summed E-state index contributed by atoms with van der Waals surface area (Å²) in [4.78, 5) is 27.4. The van der Waals surface area contributed by atoms with Gasteiger partial charge < -0.3 is 24.4 Å². The van der Waals surface area contributed by atoms with E-state index in [1.165, 1.54) is 17.4 Å². The standard InChI is InChI=1S/C24H25N3O5S/c1-24(2)31-15-17(32-24)14-30-23(29)27-11-10-18-19(12-25)22(33-20(18)13-27)26-21(28)9-8-16-6-4-3-5-7-16/h3-9,17H,10-11,13-15H2,1-2H3,(H,26,28)/b9-8+. The number of fused-ring (bicyclic) bond motifs is 1. The zero-order valence-electron chi connectivity index (χ0n) is 18.5. The van der Waals surface area contributed by atoms with E-state index in [9.17, 15) is 14.9 Å². The zero-order chi connectivity index (χ0) is 23.4. The van der Waals surface area contributed by atoms with Crippen LogP contribution in [0.1, 0.15) is 35.4 Å². The van der Waals surface area contributed by atoms with Gasteiger partial charge in [-0.3, -0.25) is 4.79 Å². The molecule has 2 aromatic rings. The Morgan fingerprint density at radius 2 is 2.15 bits per heavy atom. The van der Waals surface area contributed by atoms with Gasteiger partial charge in [0.25, 0.3) is 0 Å². The highest BCUT2D eigenvalue weighted by Crippen LogP contribution is 2.37. The number of amides is 2. The number of carbonyl (C=O) groups excluding carboxylic acids is 2. The first-order chi connectivity index (χ1) is 15.8. The Labute approximate surface area is 196 Å². The molecule has 0 spiro atoms. The van der Waals surface area contributed by atoms with Crippen molar-refractivity contribution in [1.29, 1.82) is 5.26 Å². The first-order valence-corrected chi connectivity index (χ1v) is 11.5. The fourth-order valence-electron chi connectivity index (χ4n) is 3.76. The van der Waals surface area contributed by atoms with Gasteiger partial charge in [-0.1, -0.05) is 30.3 Å². The van der Waals surface area contributed by atoms with E-state index in [4.69, 9.17) is 14.2 Å². The van der Waals surface area contributed by atoms with Crippen LogP contribution in [0.3, 0.4) is 0 Å². The Morgan fingerprint density at radius 3 is 2.85 bits per heavy atom. The van der Waals surface area contributed by atoms with Gasteiger partial charge in [0, 0.05) is 17.5 Å². The number of benzene rings is 1. The molecular weight excluding hydrogens is 442 g/mol. The quantitative estimate of drug-likeness (QED) is 0.669. The zero-order valence-corrected chi connectivity index (χ0v) is 19.3.